The normalized spacial score (nSPS) is 11.9. The van der Waals surface area contributed by atoms with Gasteiger partial charge in [0.2, 0.25) is 0 Å². The topological polar surface area (TPSA) is 15.3 Å². The van der Waals surface area contributed by atoms with Crippen molar-refractivity contribution in [2.24, 2.45) is 0 Å². The molecular formula is C13H19F3N2. The van der Waals surface area contributed by atoms with E-state index in [1.165, 1.54) is 4.90 Å². The van der Waals surface area contributed by atoms with Gasteiger partial charge in [0.15, 0.2) is 0 Å². The van der Waals surface area contributed by atoms with Gasteiger partial charge in [-0.3, -0.25) is 0 Å². The van der Waals surface area contributed by atoms with E-state index >= 15 is 0 Å². The minimum absolute atomic E-state index is 0.193. The third kappa shape index (κ3) is 4.56. The first-order chi connectivity index (χ1) is 8.33. The average Bonchev–Trinajstić information content (AvgIpc) is 2.26. The summed E-state index contributed by atoms with van der Waals surface area (Å²) in [6.45, 7) is 3.30. The van der Waals surface area contributed by atoms with Crippen LogP contribution in [0.15, 0.2) is 24.3 Å². The molecule has 18 heavy (non-hydrogen) atoms. The zero-order valence-corrected chi connectivity index (χ0v) is 10.9. The van der Waals surface area contributed by atoms with Crippen LogP contribution in [0.3, 0.4) is 0 Å². The van der Waals surface area contributed by atoms with Crippen LogP contribution in [0.25, 0.3) is 0 Å². The van der Waals surface area contributed by atoms with Gasteiger partial charge in [0.05, 0.1) is 0 Å². The van der Waals surface area contributed by atoms with Crippen LogP contribution in [0.4, 0.5) is 18.9 Å². The molecule has 1 aromatic rings. The van der Waals surface area contributed by atoms with Crippen LogP contribution in [-0.4, -0.2) is 25.8 Å². The van der Waals surface area contributed by atoms with Crippen LogP contribution in [0, 0.1) is 0 Å². The predicted octanol–water partition coefficient (Wildman–Crippen LogP) is 3.18. The Balaban J connectivity index is 2.86. The third-order valence-electron chi connectivity index (χ3n) is 2.62. The maximum absolute atomic E-state index is 12.5. The average molecular weight is 260 g/mol. The SMILES string of the molecule is CNCc1ccc(N(CC(F)(F)F)C(C)C)cc1. The number of rotatable bonds is 5. The van der Waals surface area contributed by atoms with Crippen LogP contribution >= 0.6 is 0 Å². The third-order valence-corrected chi connectivity index (χ3v) is 2.62. The summed E-state index contributed by atoms with van der Waals surface area (Å²) in [6.07, 6.45) is -4.19. The molecular weight excluding hydrogens is 241 g/mol. The van der Waals surface area contributed by atoms with Crippen LogP contribution in [0.5, 0.6) is 0 Å². The molecule has 0 spiro atoms. The minimum Gasteiger partial charge on any atom is -0.360 e. The summed E-state index contributed by atoms with van der Waals surface area (Å²) in [5, 5.41) is 3.00. The van der Waals surface area contributed by atoms with E-state index in [1.807, 2.05) is 19.2 Å². The summed E-state index contributed by atoms with van der Waals surface area (Å²) in [4.78, 5) is 1.35. The van der Waals surface area contributed by atoms with Crippen molar-refractivity contribution in [2.75, 3.05) is 18.5 Å². The molecule has 1 aromatic carbocycles. The number of nitrogens with zero attached hydrogens (tertiary/aromatic N) is 1. The number of hydrogen-bond donors (Lipinski definition) is 1. The zero-order chi connectivity index (χ0) is 13.8. The lowest BCUT2D eigenvalue weighted by Gasteiger charge is -2.30. The van der Waals surface area contributed by atoms with E-state index in [1.54, 1.807) is 26.0 Å². The van der Waals surface area contributed by atoms with Crippen LogP contribution in [0.1, 0.15) is 19.4 Å². The standard InChI is InChI=1S/C13H19F3N2/c1-10(2)18(9-13(14,15)16)12-6-4-11(5-7-12)8-17-3/h4-7,10,17H,8-9H2,1-3H3. The first-order valence-corrected chi connectivity index (χ1v) is 5.90. The molecule has 1 rings (SSSR count). The smallest absolute Gasteiger partial charge is 0.360 e. The Kier molecular flexibility index (Phi) is 5.02. The van der Waals surface area contributed by atoms with Crippen LogP contribution in [-0.2, 0) is 6.54 Å². The maximum Gasteiger partial charge on any atom is 0.405 e. The molecule has 0 aromatic heterocycles. The summed E-state index contributed by atoms with van der Waals surface area (Å²) in [7, 11) is 1.83. The summed E-state index contributed by atoms with van der Waals surface area (Å²) in [5.41, 5.74) is 1.65. The highest BCUT2D eigenvalue weighted by Gasteiger charge is 2.31. The van der Waals surface area contributed by atoms with Crippen molar-refractivity contribution < 1.29 is 13.2 Å². The number of alkyl halides is 3. The van der Waals surface area contributed by atoms with Gasteiger partial charge >= 0.3 is 6.18 Å². The molecule has 0 saturated heterocycles. The molecule has 0 aliphatic rings. The molecule has 0 atom stereocenters. The van der Waals surface area contributed by atoms with Gasteiger partial charge in [-0.05, 0) is 38.6 Å². The molecule has 0 fully saturated rings. The molecule has 102 valence electrons. The monoisotopic (exact) mass is 260 g/mol. The van der Waals surface area contributed by atoms with E-state index < -0.39 is 12.7 Å². The quantitative estimate of drug-likeness (QED) is 0.874. The number of hydrogen-bond acceptors (Lipinski definition) is 2. The number of halogens is 3. The fourth-order valence-electron chi connectivity index (χ4n) is 1.77. The second kappa shape index (κ2) is 6.09. The molecule has 0 radical (unpaired) electrons. The van der Waals surface area contributed by atoms with Gasteiger partial charge in [0, 0.05) is 18.3 Å². The van der Waals surface area contributed by atoms with Gasteiger partial charge in [0.1, 0.15) is 6.54 Å². The van der Waals surface area contributed by atoms with Gasteiger partial charge in [-0.25, -0.2) is 0 Å². The maximum atomic E-state index is 12.5. The van der Waals surface area contributed by atoms with E-state index in [0.29, 0.717) is 12.2 Å². The Morgan fingerprint density at radius 3 is 2.11 bits per heavy atom. The molecule has 0 aliphatic carbocycles. The number of benzene rings is 1. The lowest BCUT2D eigenvalue weighted by atomic mass is 10.1. The summed E-state index contributed by atoms with van der Waals surface area (Å²) in [5.74, 6) is 0. The molecule has 0 bridgehead atoms. The zero-order valence-electron chi connectivity index (χ0n) is 10.9. The van der Waals surface area contributed by atoms with Gasteiger partial charge in [0.25, 0.3) is 0 Å². The Hall–Kier alpha value is -1.23. The van der Waals surface area contributed by atoms with Crippen LogP contribution in [0.2, 0.25) is 0 Å². The highest BCUT2D eigenvalue weighted by molar-refractivity contribution is 5.48. The Morgan fingerprint density at radius 2 is 1.72 bits per heavy atom. The largest absolute Gasteiger partial charge is 0.405 e. The van der Waals surface area contributed by atoms with E-state index in [0.717, 1.165) is 5.56 Å². The number of nitrogens with one attached hydrogen (secondary N) is 1. The fourth-order valence-corrected chi connectivity index (χ4v) is 1.77. The van der Waals surface area contributed by atoms with Crippen molar-refractivity contribution >= 4 is 5.69 Å². The van der Waals surface area contributed by atoms with Gasteiger partial charge < -0.3 is 10.2 Å². The molecule has 0 unspecified atom stereocenters. The number of anilines is 1. The lowest BCUT2D eigenvalue weighted by molar-refractivity contribution is -0.120. The first kappa shape index (κ1) is 14.8. The van der Waals surface area contributed by atoms with Crippen molar-refractivity contribution in [3.8, 4) is 0 Å². The van der Waals surface area contributed by atoms with Crippen molar-refractivity contribution in [2.45, 2.75) is 32.6 Å². The van der Waals surface area contributed by atoms with Crippen molar-refractivity contribution in [1.82, 2.24) is 5.32 Å². The summed E-state index contributed by atoms with van der Waals surface area (Å²) < 4.78 is 37.5. The van der Waals surface area contributed by atoms with Crippen molar-refractivity contribution in [1.29, 1.82) is 0 Å². The first-order valence-electron chi connectivity index (χ1n) is 5.90. The Morgan fingerprint density at radius 1 is 1.17 bits per heavy atom. The molecule has 1 N–H and O–H groups in total. The van der Waals surface area contributed by atoms with Crippen LogP contribution < -0.4 is 10.2 Å². The highest BCUT2D eigenvalue weighted by atomic mass is 19.4. The van der Waals surface area contributed by atoms with Crippen molar-refractivity contribution in [3.05, 3.63) is 29.8 Å². The van der Waals surface area contributed by atoms with Gasteiger partial charge in [-0.2, -0.15) is 13.2 Å². The van der Waals surface area contributed by atoms with Gasteiger partial charge in [-0.1, -0.05) is 12.1 Å². The molecule has 0 aliphatic heterocycles. The van der Waals surface area contributed by atoms with E-state index in [4.69, 9.17) is 0 Å². The molecule has 0 amide bonds. The lowest BCUT2D eigenvalue weighted by Crippen LogP contribution is -2.39. The van der Waals surface area contributed by atoms with Gasteiger partial charge in [-0.15, -0.1) is 0 Å². The fraction of sp³-hybridized carbons (Fsp3) is 0.538. The molecule has 2 nitrogen and oxygen atoms in total. The summed E-state index contributed by atoms with van der Waals surface area (Å²) >= 11 is 0. The Labute approximate surface area is 106 Å². The highest BCUT2D eigenvalue weighted by Crippen LogP contribution is 2.24. The summed E-state index contributed by atoms with van der Waals surface area (Å²) in [6, 6.07) is 6.97. The molecule has 0 saturated carbocycles. The minimum atomic E-state index is -4.19. The molecule has 0 heterocycles. The van der Waals surface area contributed by atoms with E-state index in [9.17, 15) is 13.2 Å². The second-order valence-corrected chi connectivity index (χ2v) is 4.53. The molecule has 5 heteroatoms. The van der Waals surface area contributed by atoms with Crippen molar-refractivity contribution in [3.63, 3.8) is 0 Å². The predicted molar refractivity (Wildman–Crippen MR) is 67.7 cm³/mol. The van der Waals surface area contributed by atoms with E-state index in [-0.39, 0.29) is 6.04 Å². The van der Waals surface area contributed by atoms with E-state index in [2.05, 4.69) is 5.32 Å². The Bertz CT molecular complexity index is 357. The second-order valence-electron chi connectivity index (χ2n) is 4.53.